The maximum atomic E-state index is 5.84. The molecule has 0 saturated carbocycles. The molecule has 3 nitrogen and oxygen atoms in total. The third-order valence-corrected chi connectivity index (χ3v) is 2.76. The molecule has 2 unspecified atom stereocenters. The number of nitrogens with two attached hydrogens (primary N) is 1. The number of hydrogen-bond acceptors (Lipinski definition) is 3. The first-order chi connectivity index (χ1) is 6.27. The summed E-state index contributed by atoms with van der Waals surface area (Å²) in [5.41, 5.74) is 5.84. The monoisotopic (exact) mass is 216 g/mol. The third kappa shape index (κ3) is 2.29. The van der Waals surface area contributed by atoms with Crippen molar-refractivity contribution in [3.63, 3.8) is 0 Å². The summed E-state index contributed by atoms with van der Waals surface area (Å²) in [7, 11) is 0. The van der Waals surface area contributed by atoms with E-state index >= 15 is 0 Å². The van der Waals surface area contributed by atoms with E-state index < -0.39 is 0 Å². The molecule has 1 aromatic heterocycles. The van der Waals surface area contributed by atoms with E-state index in [2.05, 4.69) is 11.8 Å². The highest BCUT2D eigenvalue weighted by molar-refractivity contribution is 5.85. The van der Waals surface area contributed by atoms with E-state index in [1.165, 1.54) is 0 Å². The second-order valence-corrected chi connectivity index (χ2v) is 3.74. The van der Waals surface area contributed by atoms with Gasteiger partial charge in [0.25, 0.3) is 0 Å². The van der Waals surface area contributed by atoms with Crippen molar-refractivity contribution in [1.82, 2.24) is 4.90 Å². The second kappa shape index (κ2) is 4.82. The van der Waals surface area contributed by atoms with Crippen LogP contribution < -0.4 is 5.73 Å². The Morgan fingerprint density at radius 3 is 2.93 bits per heavy atom. The maximum absolute atomic E-state index is 5.84. The molecule has 2 rings (SSSR count). The van der Waals surface area contributed by atoms with Gasteiger partial charge in [0.15, 0.2) is 0 Å². The molecular weight excluding hydrogens is 200 g/mol. The van der Waals surface area contributed by atoms with Gasteiger partial charge in [-0.15, -0.1) is 12.4 Å². The molecule has 80 valence electrons. The van der Waals surface area contributed by atoms with Crippen LogP contribution in [0.5, 0.6) is 0 Å². The van der Waals surface area contributed by atoms with E-state index in [0.717, 1.165) is 25.3 Å². The van der Waals surface area contributed by atoms with Crippen molar-refractivity contribution in [3.05, 3.63) is 24.2 Å². The average Bonchev–Trinajstić information content (AvgIpc) is 2.72. The van der Waals surface area contributed by atoms with E-state index in [-0.39, 0.29) is 12.4 Å². The topological polar surface area (TPSA) is 42.4 Å². The minimum atomic E-state index is 0. The Balaban J connectivity index is 0.000000980. The predicted octanol–water partition coefficient (Wildman–Crippen LogP) is 1.80. The number of likely N-dealkylation sites (tertiary alicyclic amines) is 1. The number of rotatable bonds is 2. The van der Waals surface area contributed by atoms with Crippen molar-refractivity contribution in [2.45, 2.75) is 25.4 Å². The van der Waals surface area contributed by atoms with Crippen LogP contribution >= 0.6 is 12.4 Å². The van der Waals surface area contributed by atoms with Gasteiger partial charge in [-0.25, -0.2) is 0 Å². The fourth-order valence-corrected chi connectivity index (χ4v) is 1.88. The summed E-state index contributed by atoms with van der Waals surface area (Å²) in [6.07, 6.45) is 2.83. The van der Waals surface area contributed by atoms with Crippen LogP contribution in [0, 0.1) is 0 Å². The molecule has 1 saturated heterocycles. The molecule has 1 fully saturated rings. The lowest BCUT2D eigenvalue weighted by atomic mass is 10.2. The Morgan fingerprint density at radius 1 is 1.64 bits per heavy atom. The summed E-state index contributed by atoms with van der Waals surface area (Å²) < 4.78 is 5.36. The Hall–Kier alpha value is -0.510. The zero-order valence-electron chi connectivity index (χ0n) is 8.35. The second-order valence-electron chi connectivity index (χ2n) is 3.74. The molecule has 0 aliphatic carbocycles. The summed E-state index contributed by atoms with van der Waals surface area (Å²) in [4.78, 5) is 2.36. The molecule has 0 bridgehead atoms. The molecule has 1 aliphatic heterocycles. The molecule has 1 aromatic rings. The number of furan rings is 1. The molecule has 0 aromatic carbocycles. The third-order valence-electron chi connectivity index (χ3n) is 2.76. The molecule has 0 spiro atoms. The van der Waals surface area contributed by atoms with Gasteiger partial charge in [-0.3, -0.25) is 4.90 Å². The maximum Gasteiger partial charge on any atom is 0.120 e. The van der Waals surface area contributed by atoms with Crippen molar-refractivity contribution in [2.24, 2.45) is 5.73 Å². The number of halogens is 1. The van der Waals surface area contributed by atoms with Crippen LogP contribution in [0.3, 0.4) is 0 Å². The summed E-state index contributed by atoms with van der Waals surface area (Å²) in [5.74, 6) is 1.04. The Kier molecular flexibility index (Phi) is 3.98. The van der Waals surface area contributed by atoms with Gasteiger partial charge in [0.2, 0.25) is 0 Å². The quantitative estimate of drug-likeness (QED) is 0.820. The van der Waals surface area contributed by atoms with Crippen molar-refractivity contribution in [3.8, 4) is 0 Å². The molecule has 1 aliphatic rings. The Labute approximate surface area is 90.7 Å². The first kappa shape index (κ1) is 11.6. The fraction of sp³-hybridized carbons (Fsp3) is 0.600. The molecule has 0 radical (unpaired) electrons. The normalized spacial score (nSPS) is 24.6. The Bertz CT molecular complexity index is 263. The first-order valence-corrected chi connectivity index (χ1v) is 4.80. The van der Waals surface area contributed by atoms with E-state index in [9.17, 15) is 0 Å². The van der Waals surface area contributed by atoms with Crippen LogP contribution in [-0.4, -0.2) is 24.0 Å². The van der Waals surface area contributed by atoms with Gasteiger partial charge in [0.05, 0.1) is 12.3 Å². The van der Waals surface area contributed by atoms with Crippen molar-refractivity contribution in [2.75, 3.05) is 13.1 Å². The van der Waals surface area contributed by atoms with Crippen LogP contribution in [0.1, 0.15) is 25.1 Å². The highest BCUT2D eigenvalue weighted by Gasteiger charge is 2.25. The van der Waals surface area contributed by atoms with Crippen molar-refractivity contribution >= 4 is 12.4 Å². The van der Waals surface area contributed by atoms with Gasteiger partial charge in [-0.2, -0.15) is 0 Å². The molecule has 4 heteroatoms. The van der Waals surface area contributed by atoms with E-state index in [1.54, 1.807) is 6.26 Å². The summed E-state index contributed by atoms with van der Waals surface area (Å²) in [5, 5.41) is 0. The van der Waals surface area contributed by atoms with E-state index in [4.69, 9.17) is 10.2 Å². The van der Waals surface area contributed by atoms with E-state index in [1.807, 2.05) is 12.1 Å². The van der Waals surface area contributed by atoms with Crippen LogP contribution in [0.4, 0.5) is 0 Å². The number of hydrogen-bond donors (Lipinski definition) is 1. The summed E-state index contributed by atoms with van der Waals surface area (Å²) >= 11 is 0. The van der Waals surface area contributed by atoms with Gasteiger partial charge >= 0.3 is 0 Å². The zero-order chi connectivity index (χ0) is 9.26. The minimum Gasteiger partial charge on any atom is -0.468 e. The molecule has 2 N–H and O–H groups in total. The van der Waals surface area contributed by atoms with Gasteiger partial charge in [0.1, 0.15) is 5.76 Å². The van der Waals surface area contributed by atoms with Crippen molar-refractivity contribution < 1.29 is 4.42 Å². The van der Waals surface area contributed by atoms with Crippen LogP contribution in [0.2, 0.25) is 0 Å². The van der Waals surface area contributed by atoms with Gasteiger partial charge in [0, 0.05) is 19.1 Å². The molecular formula is C10H17ClN2O. The SMILES string of the molecule is CC(c1ccco1)N1CCC(N)C1.Cl. The average molecular weight is 217 g/mol. The fourth-order valence-electron chi connectivity index (χ4n) is 1.88. The Morgan fingerprint density at radius 2 is 2.43 bits per heavy atom. The first-order valence-electron chi connectivity index (χ1n) is 4.80. The summed E-state index contributed by atoms with van der Waals surface area (Å²) in [6.45, 7) is 4.24. The highest BCUT2D eigenvalue weighted by Crippen LogP contribution is 2.23. The van der Waals surface area contributed by atoms with Gasteiger partial charge in [-0.05, 0) is 25.5 Å². The predicted molar refractivity (Wildman–Crippen MR) is 58.5 cm³/mol. The lowest BCUT2D eigenvalue weighted by Crippen LogP contribution is -2.28. The zero-order valence-corrected chi connectivity index (χ0v) is 9.17. The van der Waals surface area contributed by atoms with Crippen LogP contribution in [-0.2, 0) is 0 Å². The van der Waals surface area contributed by atoms with E-state index in [0.29, 0.717) is 12.1 Å². The standard InChI is InChI=1S/C10H16N2O.ClH/c1-8(10-3-2-6-13-10)12-5-4-9(11)7-12;/h2-3,6,8-9H,4-5,7,11H2,1H3;1H. The molecule has 2 atom stereocenters. The van der Waals surface area contributed by atoms with Crippen LogP contribution in [0.25, 0.3) is 0 Å². The highest BCUT2D eigenvalue weighted by atomic mass is 35.5. The summed E-state index contributed by atoms with van der Waals surface area (Å²) in [6, 6.07) is 4.66. The minimum absolute atomic E-state index is 0. The largest absolute Gasteiger partial charge is 0.468 e. The van der Waals surface area contributed by atoms with Gasteiger partial charge in [-0.1, -0.05) is 0 Å². The molecule has 14 heavy (non-hydrogen) atoms. The van der Waals surface area contributed by atoms with Crippen molar-refractivity contribution in [1.29, 1.82) is 0 Å². The smallest absolute Gasteiger partial charge is 0.120 e. The number of nitrogens with zero attached hydrogens (tertiary/aromatic N) is 1. The lowest BCUT2D eigenvalue weighted by molar-refractivity contribution is 0.229. The van der Waals surface area contributed by atoms with Crippen LogP contribution in [0.15, 0.2) is 22.8 Å². The molecule has 0 amide bonds. The van der Waals surface area contributed by atoms with Gasteiger partial charge < -0.3 is 10.2 Å². The molecule has 2 heterocycles. The lowest BCUT2D eigenvalue weighted by Gasteiger charge is -2.21.